The van der Waals surface area contributed by atoms with Crippen LogP contribution in [0.4, 0.5) is 10.1 Å². The standard InChI is InChI=1S/C13H12FNO2/c14-10-2-1-3-11(7-10)15-8-9-4-5-12(16)13(17)6-9/h1-7,15-17H,8H2. The summed E-state index contributed by atoms with van der Waals surface area (Å²) >= 11 is 0. The summed E-state index contributed by atoms with van der Waals surface area (Å²) in [6.45, 7) is 0.442. The van der Waals surface area contributed by atoms with Gasteiger partial charge in [0.15, 0.2) is 11.5 Å². The number of hydrogen-bond acceptors (Lipinski definition) is 3. The molecule has 88 valence electrons. The average molecular weight is 233 g/mol. The first-order valence-corrected chi connectivity index (χ1v) is 5.15. The molecular formula is C13H12FNO2. The van der Waals surface area contributed by atoms with Crippen LogP contribution in [0.1, 0.15) is 5.56 Å². The van der Waals surface area contributed by atoms with Gasteiger partial charge in [0.1, 0.15) is 5.82 Å². The van der Waals surface area contributed by atoms with Gasteiger partial charge < -0.3 is 15.5 Å². The summed E-state index contributed by atoms with van der Waals surface area (Å²) in [7, 11) is 0. The average Bonchev–Trinajstić information content (AvgIpc) is 2.31. The fraction of sp³-hybridized carbons (Fsp3) is 0.0769. The van der Waals surface area contributed by atoms with E-state index in [1.165, 1.54) is 24.3 Å². The third kappa shape index (κ3) is 2.87. The fourth-order valence-corrected chi connectivity index (χ4v) is 1.48. The lowest BCUT2D eigenvalue weighted by atomic mass is 10.2. The Bertz CT molecular complexity index is 529. The second-order valence-electron chi connectivity index (χ2n) is 3.69. The molecule has 2 aromatic rings. The summed E-state index contributed by atoms with van der Waals surface area (Å²) in [4.78, 5) is 0. The van der Waals surface area contributed by atoms with Crippen LogP contribution in [0.5, 0.6) is 11.5 Å². The summed E-state index contributed by atoms with van der Waals surface area (Å²) in [5.74, 6) is -0.619. The Morgan fingerprint density at radius 3 is 2.53 bits per heavy atom. The number of anilines is 1. The highest BCUT2D eigenvalue weighted by Gasteiger charge is 2.01. The largest absolute Gasteiger partial charge is 0.504 e. The van der Waals surface area contributed by atoms with E-state index in [1.807, 2.05) is 0 Å². The van der Waals surface area contributed by atoms with Gasteiger partial charge in [-0.1, -0.05) is 12.1 Å². The van der Waals surface area contributed by atoms with Gasteiger partial charge >= 0.3 is 0 Å². The fourth-order valence-electron chi connectivity index (χ4n) is 1.48. The van der Waals surface area contributed by atoms with Gasteiger partial charge in [0.25, 0.3) is 0 Å². The number of rotatable bonds is 3. The highest BCUT2D eigenvalue weighted by atomic mass is 19.1. The van der Waals surface area contributed by atoms with Crippen molar-refractivity contribution < 1.29 is 14.6 Å². The molecule has 3 nitrogen and oxygen atoms in total. The van der Waals surface area contributed by atoms with Crippen molar-refractivity contribution in [2.75, 3.05) is 5.32 Å². The van der Waals surface area contributed by atoms with Crippen LogP contribution in [-0.2, 0) is 6.54 Å². The van der Waals surface area contributed by atoms with Crippen molar-refractivity contribution >= 4 is 5.69 Å². The Balaban J connectivity index is 2.05. The zero-order valence-corrected chi connectivity index (χ0v) is 9.02. The Morgan fingerprint density at radius 1 is 1.00 bits per heavy atom. The van der Waals surface area contributed by atoms with Crippen LogP contribution in [0.15, 0.2) is 42.5 Å². The van der Waals surface area contributed by atoms with Crippen LogP contribution < -0.4 is 5.32 Å². The van der Waals surface area contributed by atoms with E-state index in [0.29, 0.717) is 12.2 Å². The van der Waals surface area contributed by atoms with Crippen molar-refractivity contribution in [3.05, 3.63) is 53.8 Å². The van der Waals surface area contributed by atoms with Gasteiger partial charge in [-0.2, -0.15) is 0 Å². The number of aromatic hydroxyl groups is 2. The predicted molar refractivity (Wildman–Crippen MR) is 63.5 cm³/mol. The van der Waals surface area contributed by atoms with E-state index >= 15 is 0 Å². The van der Waals surface area contributed by atoms with Gasteiger partial charge in [0, 0.05) is 12.2 Å². The van der Waals surface area contributed by atoms with E-state index < -0.39 is 0 Å². The first kappa shape index (κ1) is 11.3. The van der Waals surface area contributed by atoms with Crippen LogP contribution in [0.3, 0.4) is 0 Å². The third-order valence-electron chi connectivity index (χ3n) is 2.36. The first-order valence-electron chi connectivity index (χ1n) is 5.15. The Labute approximate surface area is 98.2 Å². The Hall–Kier alpha value is -2.23. The first-order chi connectivity index (χ1) is 8.15. The SMILES string of the molecule is Oc1ccc(CNc2cccc(F)c2)cc1O. The Kier molecular flexibility index (Phi) is 3.14. The molecule has 0 radical (unpaired) electrons. The maximum atomic E-state index is 12.9. The quantitative estimate of drug-likeness (QED) is 0.714. The van der Waals surface area contributed by atoms with Crippen molar-refractivity contribution in [2.45, 2.75) is 6.54 Å². The van der Waals surface area contributed by atoms with Crippen LogP contribution in [0, 0.1) is 5.82 Å². The van der Waals surface area contributed by atoms with Crippen molar-refractivity contribution in [3.63, 3.8) is 0 Å². The van der Waals surface area contributed by atoms with Crippen molar-refractivity contribution in [1.29, 1.82) is 0 Å². The highest BCUT2D eigenvalue weighted by molar-refractivity contribution is 5.45. The van der Waals surface area contributed by atoms with Crippen LogP contribution in [-0.4, -0.2) is 10.2 Å². The maximum absolute atomic E-state index is 12.9. The molecule has 0 bridgehead atoms. The monoisotopic (exact) mass is 233 g/mol. The van der Waals surface area contributed by atoms with Crippen LogP contribution >= 0.6 is 0 Å². The molecule has 2 aromatic carbocycles. The van der Waals surface area contributed by atoms with Gasteiger partial charge in [-0.25, -0.2) is 4.39 Å². The molecule has 0 spiro atoms. The molecule has 0 aromatic heterocycles. The molecule has 0 fully saturated rings. The van der Waals surface area contributed by atoms with E-state index in [2.05, 4.69) is 5.32 Å². The summed E-state index contributed by atoms with van der Waals surface area (Å²) in [5.41, 5.74) is 1.46. The van der Waals surface area contributed by atoms with Gasteiger partial charge in [0.05, 0.1) is 0 Å². The molecule has 17 heavy (non-hydrogen) atoms. The maximum Gasteiger partial charge on any atom is 0.157 e. The third-order valence-corrected chi connectivity index (χ3v) is 2.36. The lowest BCUT2D eigenvalue weighted by molar-refractivity contribution is 0.403. The highest BCUT2D eigenvalue weighted by Crippen LogP contribution is 2.25. The molecule has 0 atom stereocenters. The van der Waals surface area contributed by atoms with Crippen molar-refractivity contribution in [2.24, 2.45) is 0 Å². The number of phenols is 2. The molecule has 0 aliphatic carbocycles. The van der Waals surface area contributed by atoms with E-state index in [9.17, 15) is 9.50 Å². The Morgan fingerprint density at radius 2 is 1.82 bits per heavy atom. The molecule has 2 rings (SSSR count). The molecular weight excluding hydrogens is 221 g/mol. The minimum Gasteiger partial charge on any atom is -0.504 e. The molecule has 0 unspecified atom stereocenters. The van der Waals surface area contributed by atoms with E-state index in [0.717, 1.165) is 5.56 Å². The number of hydrogen-bond donors (Lipinski definition) is 3. The smallest absolute Gasteiger partial charge is 0.157 e. The van der Waals surface area contributed by atoms with E-state index in [4.69, 9.17) is 5.11 Å². The summed E-state index contributed by atoms with van der Waals surface area (Å²) in [6, 6.07) is 10.7. The molecule has 0 aliphatic rings. The summed E-state index contributed by atoms with van der Waals surface area (Å²) < 4.78 is 12.9. The van der Waals surface area contributed by atoms with Gasteiger partial charge in [0.2, 0.25) is 0 Å². The lowest BCUT2D eigenvalue weighted by Gasteiger charge is -2.07. The molecule has 0 saturated heterocycles. The zero-order chi connectivity index (χ0) is 12.3. The molecule has 0 aliphatic heterocycles. The summed E-state index contributed by atoms with van der Waals surface area (Å²) in [5, 5.41) is 21.5. The van der Waals surface area contributed by atoms with Crippen LogP contribution in [0.2, 0.25) is 0 Å². The second-order valence-corrected chi connectivity index (χ2v) is 3.69. The van der Waals surface area contributed by atoms with Gasteiger partial charge in [-0.15, -0.1) is 0 Å². The second kappa shape index (κ2) is 4.74. The number of halogens is 1. The molecule has 4 heteroatoms. The minimum atomic E-state index is -0.302. The molecule has 0 amide bonds. The molecule has 3 N–H and O–H groups in total. The number of nitrogens with one attached hydrogen (secondary N) is 1. The minimum absolute atomic E-state index is 0.153. The normalized spacial score (nSPS) is 10.2. The van der Waals surface area contributed by atoms with E-state index in [-0.39, 0.29) is 17.3 Å². The number of benzene rings is 2. The van der Waals surface area contributed by atoms with Crippen LogP contribution in [0.25, 0.3) is 0 Å². The van der Waals surface area contributed by atoms with Crippen molar-refractivity contribution in [1.82, 2.24) is 0 Å². The molecule has 0 saturated carbocycles. The van der Waals surface area contributed by atoms with Gasteiger partial charge in [-0.05, 0) is 35.9 Å². The van der Waals surface area contributed by atoms with Crippen molar-refractivity contribution in [3.8, 4) is 11.5 Å². The lowest BCUT2D eigenvalue weighted by Crippen LogP contribution is -1.99. The summed E-state index contributed by atoms with van der Waals surface area (Å²) in [6.07, 6.45) is 0. The van der Waals surface area contributed by atoms with E-state index in [1.54, 1.807) is 18.2 Å². The zero-order valence-electron chi connectivity index (χ0n) is 9.02. The van der Waals surface area contributed by atoms with Gasteiger partial charge in [-0.3, -0.25) is 0 Å². The number of phenolic OH excluding ortho intramolecular Hbond substituents is 2. The molecule has 0 heterocycles. The topological polar surface area (TPSA) is 52.5 Å². The predicted octanol–water partition coefficient (Wildman–Crippen LogP) is 2.85.